The molecule has 43 heavy (non-hydrogen) atoms. The van der Waals surface area contributed by atoms with Gasteiger partial charge in [0.05, 0.1) is 22.0 Å². The van der Waals surface area contributed by atoms with Crippen LogP contribution in [-0.4, -0.2) is 69.4 Å². The van der Waals surface area contributed by atoms with E-state index < -0.39 is 19.8 Å². The van der Waals surface area contributed by atoms with E-state index in [1.165, 1.54) is 0 Å². The zero-order valence-corrected chi connectivity index (χ0v) is 28.1. The summed E-state index contributed by atoms with van der Waals surface area (Å²) in [6, 6.07) is 4.73. The first kappa shape index (κ1) is 31.1. The number of alkyl carbamates (subject to hydrolysis) is 1. The first-order chi connectivity index (χ1) is 20.1. The standard InChI is InChI=1S/C30H42ClN7O4Si/c1-30(2,3)42-29(40)32-19-11-12-37(15-19)28-33-26-24(27(39)36(28)5)21(17-38(26)18-41-13-14-43(6,7)8)20-9-10-23-22(25(20)31)16-35(4)34-23/h9-10,16-17,19H,11-15,18H2,1-8H3,(H,32,40)/t19-/m0/s1. The summed E-state index contributed by atoms with van der Waals surface area (Å²) in [6.07, 6.45) is 4.05. The van der Waals surface area contributed by atoms with Gasteiger partial charge < -0.3 is 24.3 Å². The molecule has 0 radical (unpaired) electrons. The van der Waals surface area contributed by atoms with E-state index in [1.807, 2.05) is 61.8 Å². The number of benzene rings is 1. The van der Waals surface area contributed by atoms with Crippen molar-refractivity contribution in [3.8, 4) is 11.1 Å². The Bertz CT molecular complexity index is 1730. The number of carbonyl (C=O) groups excluding carboxylic acids is 1. The van der Waals surface area contributed by atoms with Crippen molar-refractivity contribution in [3.63, 3.8) is 0 Å². The van der Waals surface area contributed by atoms with E-state index in [-0.39, 0.29) is 18.3 Å². The van der Waals surface area contributed by atoms with Gasteiger partial charge in [-0.05, 0) is 39.3 Å². The van der Waals surface area contributed by atoms with Crippen LogP contribution < -0.4 is 15.8 Å². The monoisotopic (exact) mass is 627 g/mol. The zero-order valence-electron chi connectivity index (χ0n) is 26.3. The highest BCUT2D eigenvalue weighted by molar-refractivity contribution is 6.76. The van der Waals surface area contributed by atoms with Gasteiger partial charge >= 0.3 is 6.09 Å². The molecule has 232 valence electrons. The predicted octanol–water partition coefficient (Wildman–Crippen LogP) is 5.36. The molecule has 11 nitrogen and oxygen atoms in total. The Labute approximate surface area is 257 Å². The molecule has 1 amide bonds. The summed E-state index contributed by atoms with van der Waals surface area (Å²) in [7, 11) is 2.31. The molecular weight excluding hydrogens is 586 g/mol. The van der Waals surface area contributed by atoms with E-state index in [2.05, 4.69) is 30.1 Å². The van der Waals surface area contributed by atoms with E-state index in [9.17, 15) is 9.59 Å². The summed E-state index contributed by atoms with van der Waals surface area (Å²) in [5, 5.41) is 9.25. The molecule has 4 heterocycles. The van der Waals surface area contributed by atoms with Crippen molar-refractivity contribution < 1.29 is 14.3 Å². The number of anilines is 1. The fourth-order valence-corrected chi connectivity index (χ4v) is 6.42. The number of nitrogens with zero attached hydrogens (tertiary/aromatic N) is 6. The lowest BCUT2D eigenvalue weighted by Gasteiger charge is -2.23. The summed E-state index contributed by atoms with van der Waals surface area (Å²) in [4.78, 5) is 33.5. The van der Waals surface area contributed by atoms with Crippen molar-refractivity contribution in [3.05, 3.63) is 39.9 Å². The van der Waals surface area contributed by atoms with Crippen molar-refractivity contribution in [1.29, 1.82) is 0 Å². The minimum atomic E-state index is -1.28. The molecule has 1 fully saturated rings. The van der Waals surface area contributed by atoms with Gasteiger partial charge in [0, 0.05) is 70.8 Å². The second kappa shape index (κ2) is 11.6. The van der Waals surface area contributed by atoms with Crippen molar-refractivity contribution in [2.45, 2.75) is 71.3 Å². The molecule has 0 spiro atoms. The fraction of sp³-hybridized carbons (Fsp3) is 0.533. The van der Waals surface area contributed by atoms with Crippen LogP contribution in [0, 0.1) is 0 Å². The van der Waals surface area contributed by atoms with Gasteiger partial charge in [-0.3, -0.25) is 14.0 Å². The number of amides is 1. The average molecular weight is 628 g/mol. The molecule has 1 saturated heterocycles. The Kier molecular flexibility index (Phi) is 8.40. The molecule has 1 aromatic carbocycles. The summed E-state index contributed by atoms with van der Waals surface area (Å²) in [5.41, 5.74) is 2.00. The maximum Gasteiger partial charge on any atom is 0.407 e. The van der Waals surface area contributed by atoms with E-state index in [0.717, 1.165) is 22.5 Å². The van der Waals surface area contributed by atoms with Crippen molar-refractivity contribution in [2.24, 2.45) is 14.1 Å². The number of fused-ring (bicyclic) bond motifs is 2. The highest BCUT2D eigenvalue weighted by Crippen LogP contribution is 2.37. The number of aryl methyl sites for hydroxylation is 1. The topological polar surface area (TPSA) is 108 Å². The third-order valence-corrected chi connectivity index (χ3v) is 9.63. The van der Waals surface area contributed by atoms with Gasteiger partial charge in [-0.1, -0.05) is 37.3 Å². The molecule has 4 aromatic rings. The van der Waals surface area contributed by atoms with Gasteiger partial charge in [-0.2, -0.15) is 10.1 Å². The van der Waals surface area contributed by atoms with Gasteiger partial charge in [0.15, 0.2) is 5.65 Å². The Balaban J connectivity index is 1.53. The minimum absolute atomic E-state index is 0.125. The lowest BCUT2D eigenvalue weighted by Crippen LogP contribution is -2.41. The maximum absolute atomic E-state index is 14.1. The third-order valence-electron chi connectivity index (χ3n) is 7.52. The highest BCUT2D eigenvalue weighted by atomic mass is 35.5. The Morgan fingerprint density at radius 1 is 1.16 bits per heavy atom. The number of ether oxygens (including phenoxy) is 2. The van der Waals surface area contributed by atoms with Crippen LogP contribution in [0.2, 0.25) is 30.7 Å². The van der Waals surface area contributed by atoms with Gasteiger partial charge in [0.1, 0.15) is 12.3 Å². The van der Waals surface area contributed by atoms with E-state index in [1.54, 1.807) is 16.3 Å². The highest BCUT2D eigenvalue weighted by Gasteiger charge is 2.30. The second-order valence-electron chi connectivity index (χ2n) is 13.6. The van der Waals surface area contributed by atoms with Crippen LogP contribution >= 0.6 is 11.6 Å². The lowest BCUT2D eigenvalue weighted by atomic mass is 10.0. The van der Waals surface area contributed by atoms with E-state index in [4.69, 9.17) is 26.1 Å². The smallest absolute Gasteiger partial charge is 0.407 e. The molecule has 13 heteroatoms. The third kappa shape index (κ3) is 6.76. The van der Waals surface area contributed by atoms with Crippen molar-refractivity contribution in [2.75, 3.05) is 24.6 Å². The zero-order chi connectivity index (χ0) is 31.3. The SMILES string of the molecule is Cn1cc2c(Cl)c(-c3cn(COCC[Si](C)(C)C)c4nc(N5CC[C@H](NC(=O)OC(C)(C)C)C5)n(C)c(=O)c34)ccc2n1. The van der Waals surface area contributed by atoms with Crippen LogP contribution in [0.15, 0.2) is 29.3 Å². The number of nitrogens with one attached hydrogen (secondary N) is 1. The number of hydrogen-bond donors (Lipinski definition) is 1. The molecule has 0 unspecified atom stereocenters. The lowest BCUT2D eigenvalue weighted by molar-refractivity contribution is 0.0509. The molecule has 1 aliphatic heterocycles. The van der Waals surface area contributed by atoms with Crippen molar-refractivity contribution >= 4 is 53.7 Å². The molecule has 0 aliphatic carbocycles. The van der Waals surface area contributed by atoms with E-state index >= 15 is 0 Å². The number of hydrogen-bond acceptors (Lipinski definition) is 7. The Morgan fingerprint density at radius 3 is 2.60 bits per heavy atom. The number of halogens is 1. The summed E-state index contributed by atoms with van der Waals surface area (Å²) in [5.74, 6) is 0.535. The Hall–Kier alpha value is -3.35. The van der Waals surface area contributed by atoms with Gasteiger partial charge in [-0.25, -0.2) is 4.79 Å². The van der Waals surface area contributed by atoms with Crippen LogP contribution in [-0.2, 0) is 30.3 Å². The molecule has 1 N–H and O–H groups in total. The largest absolute Gasteiger partial charge is 0.444 e. The number of aromatic nitrogens is 5. The molecule has 5 rings (SSSR count). The predicted molar refractivity (Wildman–Crippen MR) is 174 cm³/mol. The van der Waals surface area contributed by atoms with Crippen molar-refractivity contribution in [1.82, 2.24) is 29.2 Å². The molecule has 1 aliphatic rings. The summed E-state index contributed by atoms with van der Waals surface area (Å²) >= 11 is 6.93. The fourth-order valence-electron chi connectivity index (χ4n) is 5.35. The molecule has 1 atom stereocenters. The normalized spacial score (nSPS) is 16.0. The number of rotatable bonds is 8. The van der Waals surface area contributed by atoms with Crippen LogP contribution in [0.25, 0.3) is 33.1 Å². The Morgan fingerprint density at radius 2 is 1.91 bits per heavy atom. The van der Waals surface area contributed by atoms with E-state index in [0.29, 0.717) is 53.7 Å². The first-order valence-electron chi connectivity index (χ1n) is 14.7. The van der Waals surface area contributed by atoms with Crippen LogP contribution in [0.5, 0.6) is 0 Å². The minimum Gasteiger partial charge on any atom is -0.444 e. The summed E-state index contributed by atoms with van der Waals surface area (Å²) < 4.78 is 16.8. The first-order valence-corrected chi connectivity index (χ1v) is 18.7. The average Bonchev–Trinajstić information content (AvgIpc) is 3.59. The van der Waals surface area contributed by atoms with Crippen LogP contribution in [0.3, 0.4) is 0 Å². The van der Waals surface area contributed by atoms with Gasteiger partial charge in [-0.15, -0.1) is 0 Å². The van der Waals surface area contributed by atoms with Crippen LogP contribution in [0.1, 0.15) is 27.2 Å². The maximum atomic E-state index is 14.1. The van der Waals surface area contributed by atoms with Gasteiger partial charge in [0.25, 0.3) is 5.56 Å². The second-order valence-corrected chi connectivity index (χ2v) is 19.6. The summed E-state index contributed by atoms with van der Waals surface area (Å²) in [6.45, 7) is 14.5. The molecule has 0 bridgehead atoms. The molecule has 3 aromatic heterocycles. The number of carbonyl (C=O) groups is 1. The van der Waals surface area contributed by atoms with Gasteiger partial charge in [0.2, 0.25) is 5.95 Å². The molecular formula is C30H42ClN7O4Si. The quantitative estimate of drug-likeness (QED) is 0.207. The molecule has 0 saturated carbocycles. The van der Waals surface area contributed by atoms with Crippen LogP contribution in [0.4, 0.5) is 10.7 Å².